The first-order valence-corrected chi connectivity index (χ1v) is 3.22. The SMILES string of the molecule is C=C(O[B]OC(=C)C(F)(F)F)C(F)(F)F. The van der Waals surface area contributed by atoms with Crippen LogP contribution < -0.4 is 0 Å². The van der Waals surface area contributed by atoms with E-state index < -0.39 is 23.9 Å². The number of rotatable bonds is 4. The van der Waals surface area contributed by atoms with E-state index in [0.29, 0.717) is 0 Å². The molecular formula is C6H4BF6O2. The van der Waals surface area contributed by atoms with Crippen LogP contribution in [0.3, 0.4) is 0 Å². The molecule has 0 aromatic heterocycles. The van der Waals surface area contributed by atoms with E-state index in [1.54, 1.807) is 0 Å². The maximum absolute atomic E-state index is 11.7. The second-order valence-electron chi connectivity index (χ2n) is 2.17. The van der Waals surface area contributed by atoms with Crippen LogP contribution in [0.4, 0.5) is 26.3 Å². The Hall–Kier alpha value is -1.28. The summed E-state index contributed by atoms with van der Waals surface area (Å²) in [5, 5.41) is 0. The van der Waals surface area contributed by atoms with Crippen LogP contribution in [0.5, 0.6) is 0 Å². The second-order valence-corrected chi connectivity index (χ2v) is 2.17. The summed E-state index contributed by atoms with van der Waals surface area (Å²) in [6, 6.07) is 0. The third kappa shape index (κ3) is 5.23. The Labute approximate surface area is 81.5 Å². The lowest BCUT2D eigenvalue weighted by atomic mass is 10.3. The van der Waals surface area contributed by atoms with Crippen molar-refractivity contribution in [1.82, 2.24) is 0 Å². The molecule has 1 radical (unpaired) electrons. The van der Waals surface area contributed by atoms with Crippen LogP contribution in [0.2, 0.25) is 0 Å². The van der Waals surface area contributed by atoms with Crippen molar-refractivity contribution < 1.29 is 35.7 Å². The van der Waals surface area contributed by atoms with Gasteiger partial charge in [0.25, 0.3) is 0 Å². The van der Waals surface area contributed by atoms with E-state index in [0.717, 1.165) is 0 Å². The standard InChI is InChI=1S/C6H4BF6O2/c1-3(5(8,9)10)14-7-15-4(2)6(11,12)13/h1-2H2. The van der Waals surface area contributed by atoms with E-state index >= 15 is 0 Å². The Morgan fingerprint density at radius 2 is 1.07 bits per heavy atom. The summed E-state index contributed by atoms with van der Waals surface area (Å²) in [6.45, 7) is 4.83. The molecule has 0 heterocycles. The van der Waals surface area contributed by atoms with Crippen molar-refractivity contribution in [2.75, 3.05) is 0 Å². The van der Waals surface area contributed by atoms with Gasteiger partial charge in [-0.3, -0.25) is 0 Å². The normalized spacial score (nSPS) is 11.9. The van der Waals surface area contributed by atoms with Crippen LogP contribution in [-0.4, -0.2) is 20.0 Å². The van der Waals surface area contributed by atoms with Crippen LogP contribution >= 0.6 is 0 Å². The van der Waals surface area contributed by atoms with E-state index in [9.17, 15) is 26.3 Å². The summed E-state index contributed by atoms with van der Waals surface area (Å²) in [4.78, 5) is 0. The molecule has 0 fully saturated rings. The molecule has 0 rings (SSSR count). The van der Waals surface area contributed by atoms with Gasteiger partial charge in [0.15, 0.2) is 11.5 Å². The second kappa shape index (κ2) is 4.50. The van der Waals surface area contributed by atoms with Crippen molar-refractivity contribution >= 4 is 7.69 Å². The first-order chi connectivity index (χ1) is 6.55. The lowest BCUT2D eigenvalue weighted by Gasteiger charge is -2.13. The molecule has 0 atom stereocenters. The molecule has 0 aliphatic heterocycles. The topological polar surface area (TPSA) is 18.5 Å². The molecule has 0 N–H and O–H groups in total. The Morgan fingerprint density at radius 3 is 1.27 bits per heavy atom. The molecule has 0 spiro atoms. The summed E-state index contributed by atoms with van der Waals surface area (Å²) in [7, 11) is -0.147. The minimum atomic E-state index is -4.86. The number of halogens is 6. The average molecular weight is 233 g/mol. The van der Waals surface area contributed by atoms with Crippen molar-refractivity contribution in [2.45, 2.75) is 12.4 Å². The summed E-state index contributed by atoms with van der Waals surface area (Å²) in [5.74, 6) is -3.39. The number of allylic oxidation sites excluding steroid dienone is 2. The molecule has 2 nitrogen and oxygen atoms in total. The molecule has 0 amide bonds. The van der Waals surface area contributed by atoms with E-state index in [1.807, 2.05) is 0 Å². The molecule has 0 aliphatic carbocycles. The van der Waals surface area contributed by atoms with E-state index in [4.69, 9.17) is 0 Å². The number of alkyl halides is 6. The van der Waals surface area contributed by atoms with Gasteiger partial charge in [-0.1, -0.05) is 13.2 Å². The highest BCUT2D eigenvalue weighted by atomic mass is 19.4. The zero-order chi connectivity index (χ0) is 12.3. The smallest absolute Gasteiger partial charge is 0.523 e. The third-order valence-electron chi connectivity index (χ3n) is 1.01. The lowest BCUT2D eigenvalue weighted by molar-refractivity contribution is -0.124. The quantitative estimate of drug-likeness (QED) is 0.422. The molecular weight excluding hydrogens is 229 g/mol. The average Bonchev–Trinajstić information content (AvgIpc) is 2.00. The van der Waals surface area contributed by atoms with Crippen LogP contribution in [0.15, 0.2) is 24.7 Å². The van der Waals surface area contributed by atoms with Gasteiger partial charge in [-0.25, -0.2) is 0 Å². The highest BCUT2D eigenvalue weighted by Crippen LogP contribution is 2.26. The summed E-state index contributed by atoms with van der Waals surface area (Å²) in [5.41, 5.74) is 0. The fourth-order valence-corrected chi connectivity index (χ4v) is 0.274. The molecule has 0 saturated carbocycles. The highest BCUT2D eigenvalue weighted by molar-refractivity contribution is 6.19. The molecule has 0 aliphatic rings. The van der Waals surface area contributed by atoms with E-state index in [2.05, 4.69) is 22.5 Å². The van der Waals surface area contributed by atoms with Crippen molar-refractivity contribution in [1.29, 1.82) is 0 Å². The van der Waals surface area contributed by atoms with E-state index in [1.165, 1.54) is 0 Å². The molecule has 0 aromatic carbocycles. The lowest BCUT2D eigenvalue weighted by Crippen LogP contribution is -2.20. The van der Waals surface area contributed by atoms with Gasteiger partial charge in [-0.05, 0) is 0 Å². The fraction of sp³-hybridized carbons (Fsp3) is 0.333. The van der Waals surface area contributed by atoms with Crippen molar-refractivity contribution in [2.24, 2.45) is 0 Å². The fourth-order valence-electron chi connectivity index (χ4n) is 0.274. The maximum Gasteiger partial charge on any atom is 0.658 e. The molecule has 85 valence electrons. The van der Waals surface area contributed by atoms with Gasteiger partial charge in [0.05, 0.1) is 0 Å². The predicted octanol–water partition coefficient (Wildman–Crippen LogP) is 2.71. The van der Waals surface area contributed by atoms with Crippen LogP contribution in [0.1, 0.15) is 0 Å². The Morgan fingerprint density at radius 1 is 0.800 bits per heavy atom. The van der Waals surface area contributed by atoms with Gasteiger partial charge in [-0.15, -0.1) is 0 Å². The minimum Gasteiger partial charge on any atom is -0.523 e. The molecule has 9 heteroatoms. The first kappa shape index (κ1) is 13.7. The molecule has 0 saturated heterocycles. The third-order valence-corrected chi connectivity index (χ3v) is 1.01. The Balaban J connectivity index is 3.92. The monoisotopic (exact) mass is 233 g/mol. The first-order valence-electron chi connectivity index (χ1n) is 3.22. The van der Waals surface area contributed by atoms with Gasteiger partial charge in [0.2, 0.25) is 0 Å². The minimum absolute atomic E-state index is 0.147. The van der Waals surface area contributed by atoms with Crippen LogP contribution in [0.25, 0.3) is 0 Å². The summed E-state index contributed by atoms with van der Waals surface area (Å²) >= 11 is 0. The van der Waals surface area contributed by atoms with Crippen LogP contribution in [0, 0.1) is 0 Å². The van der Waals surface area contributed by atoms with Gasteiger partial charge >= 0.3 is 20.0 Å². The molecule has 0 bridgehead atoms. The Bertz CT molecular complexity index is 229. The van der Waals surface area contributed by atoms with E-state index in [-0.39, 0.29) is 7.69 Å². The number of hydrogen-bond donors (Lipinski definition) is 0. The maximum atomic E-state index is 11.7. The molecule has 0 aromatic rings. The van der Waals surface area contributed by atoms with Gasteiger partial charge < -0.3 is 9.31 Å². The van der Waals surface area contributed by atoms with Gasteiger partial charge in [-0.2, -0.15) is 26.3 Å². The molecule has 15 heavy (non-hydrogen) atoms. The Kier molecular flexibility index (Phi) is 4.11. The molecule has 0 unspecified atom stereocenters. The van der Waals surface area contributed by atoms with Gasteiger partial charge in [0.1, 0.15) is 0 Å². The van der Waals surface area contributed by atoms with Crippen molar-refractivity contribution in [3.63, 3.8) is 0 Å². The van der Waals surface area contributed by atoms with Crippen LogP contribution in [-0.2, 0) is 9.31 Å². The summed E-state index contributed by atoms with van der Waals surface area (Å²) < 4.78 is 77.3. The predicted molar refractivity (Wildman–Crippen MR) is 38.3 cm³/mol. The zero-order valence-corrected chi connectivity index (χ0v) is 7.08. The largest absolute Gasteiger partial charge is 0.658 e. The van der Waals surface area contributed by atoms with Crippen molar-refractivity contribution in [3.05, 3.63) is 24.7 Å². The highest BCUT2D eigenvalue weighted by Gasteiger charge is 2.37. The number of hydrogen-bond acceptors (Lipinski definition) is 2. The summed E-state index contributed by atoms with van der Waals surface area (Å²) in [6.07, 6.45) is -9.72. The van der Waals surface area contributed by atoms with Gasteiger partial charge in [0, 0.05) is 0 Å². The van der Waals surface area contributed by atoms with Crippen molar-refractivity contribution in [3.8, 4) is 0 Å². The zero-order valence-electron chi connectivity index (χ0n) is 7.08.